The van der Waals surface area contributed by atoms with Crippen molar-refractivity contribution >= 4 is 5.97 Å². The Morgan fingerprint density at radius 1 is 1.30 bits per heavy atom. The molecule has 1 aromatic rings. The summed E-state index contributed by atoms with van der Waals surface area (Å²) in [7, 11) is 0. The lowest BCUT2D eigenvalue weighted by atomic mass is 9.69. The Hall–Kier alpha value is -1.50. The van der Waals surface area contributed by atoms with E-state index in [1.54, 1.807) is 0 Å². The van der Waals surface area contributed by atoms with Crippen LogP contribution in [0.15, 0.2) is 0 Å². The first-order chi connectivity index (χ1) is 9.72. The van der Waals surface area contributed by atoms with Crippen molar-refractivity contribution in [3.63, 3.8) is 0 Å². The van der Waals surface area contributed by atoms with Crippen molar-refractivity contribution in [2.24, 2.45) is 17.8 Å². The van der Waals surface area contributed by atoms with Gasteiger partial charge in [-0.25, -0.2) is 0 Å². The minimum atomic E-state index is -0.711. The van der Waals surface area contributed by atoms with Gasteiger partial charge in [-0.1, -0.05) is 11.6 Å². The van der Waals surface area contributed by atoms with Gasteiger partial charge in [-0.2, -0.15) is 5.21 Å². The summed E-state index contributed by atoms with van der Waals surface area (Å²) in [5.74, 6) is 1.95. The Bertz CT molecular complexity index is 450. The molecule has 2 aliphatic rings. The van der Waals surface area contributed by atoms with E-state index in [-0.39, 0.29) is 6.04 Å². The van der Waals surface area contributed by atoms with Gasteiger partial charge in [-0.15, -0.1) is 10.2 Å². The highest BCUT2D eigenvalue weighted by Crippen LogP contribution is 2.40. The van der Waals surface area contributed by atoms with Crippen molar-refractivity contribution in [2.45, 2.75) is 44.6 Å². The molecule has 1 aliphatic heterocycles. The number of fused-ring (bicyclic) bond motifs is 1. The van der Waals surface area contributed by atoms with Gasteiger partial charge in [-0.3, -0.25) is 4.79 Å². The third-order valence-corrected chi connectivity index (χ3v) is 4.88. The molecule has 1 saturated carbocycles. The molecule has 1 aliphatic carbocycles. The molecule has 0 bridgehead atoms. The van der Waals surface area contributed by atoms with Gasteiger partial charge in [0.05, 0.1) is 0 Å². The van der Waals surface area contributed by atoms with Gasteiger partial charge in [0.25, 0.3) is 0 Å². The highest BCUT2D eigenvalue weighted by atomic mass is 16.4. The van der Waals surface area contributed by atoms with Gasteiger partial charge < -0.3 is 10.4 Å². The van der Waals surface area contributed by atoms with Crippen molar-refractivity contribution in [3.05, 3.63) is 5.82 Å². The normalized spacial score (nSPS) is 33.6. The van der Waals surface area contributed by atoms with Crippen LogP contribution in [0.1, 0.15) is 37.9 Å². The minimum absolute atomic E-state index is 0.354. The first-order valence-electron chi connectivity index (χ1n) is 7.41. The lowest BCUT2D eigenvalue weighted by Crippen LogP contribution is -2.49. The van der Waals surface area contributed by atoms with E-state index >= 15 is 0 Å². The van der Waals surface area contributed by atoms with Crippen molar-refractivity contribution in [1.29, 1.82) is 0 Å². The number of aliphatic carboxylic acids is 1. The maximum absolute atomic E-state index is 11.1. The number of carboxylic acid groups (broad SMARTS) is 1. The summed E-state index contributed by atoms with van der Waals surface area (Å²) in [4.78, 5) is 11.1. The molecule has 0 spiro atoms. The molecular formula is C13H21N5O2. The first-order valence-corrected chi connectivity index (χ1v) is 7.41. The number of aryl methyl sites for hydroxylation is 1. The fourth-order valence-electron chi connectivity index (χ4n) is 3.73. The molecule has 0 aromatic carbocycles. The minimum Gasteiger partial charge on any atom is -0.480 e. The van der Waals surface area contributed by atoms with E-state index < -0.39 is 5.97 Å². The molecule has 1 saturated heterocycles. The molecule has 1 aromatic heterocycles. The number of aromatic nitrogens is 4. The maximum Gasteiger partial charge on any atom is 0.320 e. The molecule has 0 unspecified atom stereocenters. The molecule has 2 fully saturated rings. The molecule has 20 heavy (non-hydrogen) atoms. The topological polar surface area (TPSA) is 104 Å². The quantitative estimate of drug-likeness (QED) is 0.746. The van der Waals surface area contributed by atoms with Crippen LogP contribution < -0.4 is 5.32 Å². The summed E-state index contributed by atoms with van der Waals surface area (Å²) in [6.45, 7) is 0.860. The van der Waals surface area contributed by atoms with Crippen LogP contribution in [0, 0.1) is 17.8 Å². The van der Waals surface area contributed by atoms with Crippen LogP contribution >= 0.6 is 0 Å². The van der Waals surface area contributed by atoms with E-state index in [1.165, 1.54) is 12.8 Å². The van der Waals surface area contributed by atoms with Gasteiger partial charge in [0.2, 0.25) is 0 Å². The number of nitrogens with one attached hydrogen (secondary N) is 2. The summed E-state index contributed by atoms with van der Waals surface area (Å²) in [6.07, 6.45) is 6.30. The van der Waals surface area contributed by atoms with Gasteiger partial charge in [0.1, 0.15) is 6.04 Å². The van der Waals surface area contributed by atoms with E-state index in [9.17, 15) is 4.79 Å². The van der Waals surface area contributed by atoms with Crippen molar-refractivity contribution in [3.8, 4) is 0 Å². The number of H-pyrrole nitrogens is 1. The summed E-state index contributed by atoms with van der Waals surface area (Å²) in [6, 6.07) is -0.354. The Kier molecular flexibility index (Phi) is 3.95. The number of carboxylic acids is 1. The predicted octanol–water partition coefficient (Wildman–Crippen LogP) is 0.611. The molecule has 3 N–H and O–H groups in total. The summed E-state index contributed by atoms with van der Waals surface area (Å²) in [5.41, 5.74) is 0. The Morgan fingerprint density at radius 2 is 2.20 bits per heavy atom. The van der Waals surface area contributed by atoms with E-state index in [0.29, 0.717) is 17.8 Å². The largest absolute Gasteiger partial charge is 0.480 e. The monoisotopic (exact) mass is 279 g/mol. The Labute approximate surface area is 117 Å². The van der Waals surface area contributed by atoms with Gasteiger partial charge >= 0.3 is 5.97 Å². The highest BCUT2D eigenvalue weighted by molar-refractivity contribution is 5.73. The van der Waals surface area contributed by atoms with Crippen LogP contribution in [-0.4, -0.2) is 44.3 Å². The molecule has 2 heterocycles. The smallest absolute Gasteiger partial charge is 0.320 e. The summed E-state index contributed by atoms with van der Waals surface area (Å²) >= 11 is 0. The Morgan fingerprint density at radius 3 is 2.95 bits per heavy atom. The van der Waals surface area contributed by atoms with Crippen LogP contribution in [0.3, 0.4) is 0 Å². The van der Waals surface area contributed by atoms with Gasteiger partial charge in [-0.05, 0) is 50.0 Å². The first kappa shape index (κ1) is 13.5. The molecule has 0 radical (unpaired) electrons. The van der Waals surface area contributed by atoms with E-state index in [0.717, 1.165) is 38.1 Å². The third kappa shape index (κ3) is 2.98. The second-order valence-corrected chi connectivity index (χ2v) is 6.10. The average molecular weight is 279 g/mol. The number of rotatable bonds is 4. The van der Waals surface area contributed by atoms with E-state index in [4.69, 9.17) is 5.11 Å². The number of aromatic amines is 1. The number of hydrogen-bond donors (Lipinski definition) is 3. The maximum atomic E-state index is 11.1. The van der Waals surface area contributed by atoms with Crippen LogP contribution in [0.5, 0.6) is 0 Å². The van der Waals surface area contributed by atoms with Crippen LogP contribution in [0.25, 0.3) is 0 Å². The lowest BCUT2D eigenvalue weighted by molar-refractivity contribution is -0.141. The lowest BCUT2D eigenvalue weighted by Gasteiger charge is -2.41. The average Bonchev–Trinajstić information content (AvgIpc) is 2.97. The number of hydrogen-bond acceptors (Lipinski definition) is 5. The van der Waals surface area contributed by atoms with Gasteiger partial charge in [0.15, 0.2) is 5.82 Å². The molecule has 7 nitrogen and oxygen atoms in total. The second kappa shape index (κ2) is 5.87. The van der Waals surface area contributed by atoms with E-state index in [2.05, 4.69) is 25.9 Å². The van der Waals surface area contributed by atoms with Crippen molar-refractivity contribution in [1.82, 2.24) is 25.9 Å². The Balaban J connectivity index is 1.52. The zero-order chi connectivity index (χ0) is 13.9. The standard InChI is InChI=1S/C13H21N5O2/c19-13(20)11-6-10-5-8(1-3-9(10)7-14-11)2-4-12-15-17-18-16-12/h8-11,14H,1-7H2,(H,19,20)(H,15,16,17,18)/t8-,9-,10-,11+/m0/s1. The predicted molar refractivity (Wildman–Crippen MR) is 70.9 cm³/mol. The number of piperidine rings is 1. The number of carbonyl (C=O) groups is 1. The molecule has 0 amide bonds. The molecule has 110 valence electrons. The van der Waals surface area contributed by atoms with Crippen LogP contribution in [-0.2, 0) is 11.2 Å². The molecular weight excluding hydrogens is 258 g/mol. The SMILES string of the molecule is O=C(O)[C@H]1C[C@@H]2C[C@H](CCc3nn[nH]n3)CC[C@H]2CN1. The summed E-state index contributed by atoms with van der Waals surface area (Å²) in [5, 5.41) is 26.3. The second-order valence-electron chi connectivity index (χ2n) is 6.10. The third-order valence-electron chi connectivity index (χ3n) is 4.88. The fraction of sp³-hybridized carbons (Fsp3) is 0.846. The number of tetrazole rings is 1. The molecule has 4 atom stereocenters. The number of nitrogens with zero attached hydrogens (tertiary/aromatic N) is 3. The van der Waals surface area contributed by atoms with Crippen molar-refractivity contribution < 1.29 is 9.90 Å². The van der Waals surface area contributed by atoms with Crippen LogP contribution in [0.4, 0.5) is 0 Å². The molecule has 7 heteroatoms. The van der Waals surface area contributed by atoms with Crippen LogP contribution in [0.2, 0.25) is 0 Å². The van der Waals surface area contributed by atoms with E-state index in [1.807, 2.05) is 0 Å². The zero-order valence-corrected chi connectivity index (χ0v) is 11.5. The van der Waals surface area contributed by atoms with Crippen molar-refractivity contribution in [2.75, 3.05) is 6.54 Å². The highest BCUT2D eigenvalue weighted by Gasteiger charge is 2.37. The summed E-state index contributed by atoms with van der Waals surface area (Å²) < 4.78 is 0. The van der Waals surface area contributed by atoms with Gasteiger partial charge in [0, 0.05) is 6.42 Å². The molecule has 3 rings (SSSR count). The zero-order valence-electron chi connectivity index (χ0n) is 11.5. The fourth-order valence-corrected chi connectivity index (χ4v) is 3.73.